The molecule has 2 aromatic carbocycles. The zero-order valence-corrected chi connectivity index (χ0v) is 17.7. The molecule has 0 unspecified atom stereocenters. The molecule has 154 valence electrons. The first-order valence-corrected chi connectivity index (χ1v) is 10.4. The van der Waals surface area contributed by atoms with E-state index < -0.39 is 0 Å². The van der Waals surface area contributed by atoms with Crippen LogP contribution in [0.25, 0.3) is 5.69 Å². The number of anilines is 2. The van der Waals surface area contributed by atoms with E-state index in [-0.39, 0.29) is 11.8 Å². The number of hydrogen-bond acceptors (Lipinski definition) is 3. The van der Waals surface area contributed by atoms with Crippen LogP contribution in [0.4, 0.5) is 11.4 Å². The largest absolute Gasteiger partial charge is 0.326 e. The molecule has 1 heterocycles. The molecule has 2 N–H and O–H groups in total. The van der Waals surface area contributed by atoms with Crippen LogP contribution in [-0.4, -0.2) is 21.6 Å². The molecule has 0 saturated heterocycles. The van der Waals surface area contributed by atoms with E-state index in [2.05, 4.69) is 15.7 Å². The van der Waals surface area contributed by atoms with E-state index in [1.165, 1.54) is 0 Å². The number of rotatable bonds is 6. The van der Waals surface area contributed by atoms with Gasteiger partial charge in [-0.05, 0) is 55.7 Å². The van der Waals surface area contributed by atoms with Gasteiger partial charge in [0.1, 0.15) is 0 Å². The van der Waals surface area contributed by atoms with Gasteiger partial charge in [-0.1, -0.05) is 30.7 Å². The lowest BCUT2D eigenvalue weighted by molar-refractivity contribution is -0.115. The van der Waals surface area contributed by atoms with Gasteiger partial charge in [0, 0.05) is 28.7 Å². The summed E-state index contributed by atoms with van der Waals surface area (Å²) in [6.07, 6.45) is 4.07. The number of benzene rings is 2. The number of aromatic nitrogens is 2. The van der Waals surface area contributed by atoms with Crippen LogP contribution in [0.3, 0.4) is 0 Å². The predicted octanol–water partition coefficient (Wildman–Crippen LogP) is 5.31. The van der Waals surface area contributed by atoms with Crippen LogP contribution in [0.5, 0.6) is 0 Å². The molecule has 0 spiro atoms. The first-order valence-electron chi connectivity index (χ1n) is 10.0. The van der Waals surface area contributed by atoms with E-state index in [0.29, 0.717) is 34.3 Å². The molecule has 1 saturated carbocycles. The van der Waals surface area contributed by atoms with Crippen LogP contribution < -0.4 is 10.6 Å². The molecule has 0 radical (unpaired) electrons. The number of amides is 2. The Morgan fingerprint density at radius 2 is 1.87 bits per heavy atom. The molecule has 6 nitrogen and oxygen atoms in total. The fourth-order valence-electron chi connectivity index (χ4n) is 3.32. The van der Waals surface area contributed by atoms with Gasteiger partial charge in [0.15, 0.2) is 0 Å². The van der Waals surface area contributed by atoms with Gasteiger partial charge in [-0.25, -0.2) is 4.68 Å². The molecule has 0 bridgehead atoms. The van der Waals surface area contributed by atoms with Crippen LogP contribution in [0.2, 0.25) is 5.02 Å². The first kappa shape index (κ1) is 20.2. The van der Waals surface area contributed by atoms with Gasteiger partial charge in [0.25, 0.3) is 5.91 Å². The second kappa shape index (κ2) is 8.32. The minimum Gasteiger partial charge on any atom is -0.326 e. The van der Waals surface area contributed by atoms with Gasteiger partial charge in [0.2, 0.25) is 5.91 Å². The molecule has 30 heavy (non-hydrogen) atoms. The van der Waals surface area contributed by atoms with Gasteiger partial charge in [-0.3, -0.25) is 9.59 Å². The van der Waals surface area contributed by atoms with Crippen LogP contribution in [-0.2, 0) is 4.79 Å². The fraction of sp³-hybridized carbons (Fsp3) is 0.261. The zero-order chi connectivity index (χ0) is 21.3. The highest BCUT2D eigenvalue weighted by molar-refractivity contribution is 6.31. The van der Waals surface area contributed by atoms with Crippen LogP contribution >= 0.6 is 11.6 Å². The Morgan fingerprint density at radius 3 is 2.53 bits per heavy atom. The molecule has 1 aliphatic rings. The van der Waals surface area contributed by atoms with E-state index in [1.807, 2.05) is 29.8 Å². The van der Waals surface area contributed by atoms with Gasteiger partial charge in [-0.2, -0.15) is 5.10 Å². The maximum absolute atomic E-state index is 13.0. The molecule has 0 aliphatic heterocycles. The van der Waals surface area contributed by atoms with E-state index in [1.54, 1.807) is 37.4 Å². The fourth-order valence-corrected chi connectivity index (χ4v) is 3.50. The number of nitrogens with zero attached hydrogens (tertiary/aromatic N) is 2. The Hall–Kier alpha value is -3.12. The maximum Gasteiger partial charge on any atom is 0.259 e. The number of carbonyl (C=O) groups is 2. The average molecular weight is 423 g/mol. The van der Waals surface area contributed by atoms with Gasteiger partial charge in [-0.15, -0.1) is 0 Å². The van der Waals surface area contributed by atoms with E-state index in [0.717, 1.165) is 29.8 Å². The van der Waals surface area contributed by atoms with Crippen molar-refractivity contribution in [1.82, 2.24) is 9.78 Å². The third kappa shape index (κ3) is 4.24. The summed E-state index contributed by atoms with van der Waals surface area (Å²) in [5.74, 6) is 0.0105. The minimum absolute atomic E-state index is 0.0764. The molecule has 1 fully saturated rings. The molecular weight excluding hydrogens is 400 g/mol. The molecule has 0 atom stereocenters. The summed E-state index contributed by atoms with van der Waals surface area (Å²) in [5, 5.41) is 10.9. The number of halogens is 1. The summed E-state index contributed by atoms with van der Waals surface area (Å²) >= 11 is 6.30. The van der Waals surface area contributed by atoms with Crippen molar-refractivity contribution in [3.63, 3.8) is 0 Å². The Labute approximate surface area is 180 Å². The summed E-state index contributed by atoms with van der Waals surface area (Å²) in [4.78, 5) is 24.7. The SMILES string of the molecule is CCC(=O)Nc1cccc(NC(=O)c2cnn(-c3ccc(C)c(Cl)c3)c2C2CC2)c1. The number of hydrogen-bond donors (Lipinski definition) is 2. The highest BCUT2D eigenvalue weighted by atomic mass is 35.5. The molecule has 1 aromatic heterocycles. The second-order valence-corrected chi connectivity index (χ2v) is 7.91. The van der Waals surface area contributed by atoms with Crippen molar-refractivity contribution in [3.05, 3.63) is 70.5 Å². The second-order valence-electron chi connectivity index (χ2n) is 7.50. The van der Waals surface area contributed by atoms with Crippen LogP contribution in [0.15, 0.2) is 48.7 Å². The van der Waals surface area contributed by atoms with Crippen molar-refractivity contribution < 1.29 is 9.59 Å². The van der Waals surface area contributed by atoms with E-state index in [9.17, 15) is 9.59 Å². The van der Waals surface area contributed by atoms with Crippen molar-refractivity contribution >= 4 is 34.8 Å². The maximum atomic E-state index is 13.0. The van der Waals surface area contributed by atoms with Crippen molar-refractivity contribution in [2.24, 2.45) is 0 Å². The lowest BCUT2D eigenvalue weighted by Crippen LogP contribution is -2.15. The summed E-state index contributed by atoms with van der Waals surface area (Å²) in [5.41, 5.74) is 4.55. The van der Waals surface area contributed by atoms with Gasteiger partial charge in [0.05, 0.1) is 23.1 Å². The third-order valence-corrected chi connectivity index (χ3v) is 5.55. The molecule has 3 aromatic rings. The van der Waals surface area contributed by atoms with Crippen LogP contribution in [0, 0.1) is 6.92 Å². The summed E-state index contributed by atoms with van der Waals surface area (Å²) in [7, 11) is 0. The van der Waals surface area contributed by atoms with Gasteiger partial charge < -0.3 is 10.6 Å². The monoisotopic (exact) mass is 422 g/mol. The molecule has 4 rings (SSSR count). The smallest absolute Gasteiger partial charge is 0.259 e. The Morgan fingerprint density at radius 1 is 1.13 bits per heavy atom. The van der Waals surface area contributed by atoms with Crippen molar-refractivity contribution in [3.8, 4) is 5.69 Å². The third-order valence-electron chi connectivity index (χ3n) is 5.14. The molecule has 2 amide bonds. The van der Waals surface area contributed by atoms with Gasteiger partial charge >= 0.3 is 0 Å². The van der Waals surface area contributed by atoms with Crippen molar-refractivity contribution in [2.45, 2.75) is 39.0 Å². The van der Waals surface area contributed by atoms with Crippen molar-refractivity contribution in [2.75, 3.05) is 10.6 Å². The van der Waals surface area contributed by atoms with E-state index >= 15 is 0 Å². The quantitative estimate of drug-likeness (QED) is 0.565. The normalized spacial score (nSPS) is 13.2. The van der Waals surface area contributed by atoms with E-state index in [4.69, 9.17) is 11.6 Å². The lowest BCUT2D eigenvalue weighted by atomic mass is 10.1. The highest BCUT2D eigenvalue weighted by Crippen LogP contribution is 2.42. The Kier molecular flexibility index (Phi) is 5.59. The summed E-state index contributed by atoms with van der Waals surface area (Å²) < 4.78 is 1.82. The van der Waals surface area contributed by atoms with Crippen molar-refractivity contribution in [1.29, 1.82) is 0 Å². The average Bonchev–Trinajstić information content (AvgIpc) is 3.47. The minimum atomic E-state index is -0.222. The standard InChI is InChI=1S/C23H23ClN4O2/c1-3-21(29)26-16-5-4-6-17(11-16)27-23(30)19-13-25-28(22(19)15-8-9-15)18-10-7-14(2)20(24)12-18/h4-7,10-13,15H,3,8-9H2,1-2H3,(H,26,29)(H,27,30). The topological polar surface area (TPSA) is 76.0 Å². The van der Waals surface area contributed by atoms with Crippen LogP contribution in [0.1, 0.15) is 53.7 Å². The zero-order valence-electron chi connectivity index (χ0n) is 16.9. The predicted molar refractivity (Wildman–Crippen MR) is 119 cm³/mol. The summed E-state index contributed by atoms with van der Waals surface area (Å²) in [6, 6.07) is 12.9. The highest BCUT2D eigenvalue weighted by Gasteiger charge is 2.33. The molecule has 7 heteroatoms. The number of aryl methyl sites for hydroxylation is 1. The Bertz CT molecular complexity index is 1120. The lowest BCUT2D eigenvalue weighted by Gasteiger charge is -2.11. The number of nitrogens with one attached hydrogen (secondary N) is 2. The molecular formula is C23H23ClN4O2. The summed E-state index contributed by atoms with van der Waals surface area (Å²) in [6.45, 7) is 3.74. The number of carbonyl (C=O) groups excluding carboxylic acids is 2. The molecule has 1 aliphatic carbocycles. The first-order chi connectivity index (χ1) is 14.5. The Balaban J connectivity index is 1.61.